The SMILES string of the molecule is COc1ccc([C@H]2COc3cc(O)ccc3C2c2ccc(N3CCC(CN4CCN(c5ccc6c(c5)CN([C@H]5CCC(=O)NC5=O)C6=O)CC4)CC3)cc2)cc1. The molecule has 0 spiro atoms. The van der Waals surface area contributed by atoms with Crippen LogP contribution >= 0.6 is 0 Å². The maximum Gasteiger partial charge on any atom is 0.255 e. The Bertz CT molecular complexity index is 2110. The van der Waals surface area contributed by atoms with E-state index < -0.39 is 6.04 Å². The number of carbonyl (C=O) groups excluding carboxylic acids is 3. The van der Waals surface area contributed by atoms with Crippen LogP contribution in [0.15, 0.2) is 84.9 Å². The number of amides is 3. The van der Waals surface area contributed by atoms with E-state index in [1.54, 1.807) is 24.1 Å². The molecule has 4 aromatic carbocycles. The summed E-state index contributed by atoms with van der Waals surface area (Å²) in [5, 5.41) is 12.6. The van der Waals surface area contributed by atoms with Crippen LogP contribution in [0.1, 0.15) is 70.1 Å². The van der Waals surface area contributed by atoms with Gasteiger partial charge >= 0.3 is 0 Å². The molecule has 0 saturated carbocycles. The van der Waals surface area contributed by atoms with Gasteiger partial charge in [0.25, 0.3) is 5.91 Å². The van der Waals surface area contributed by atoms with E-state index in [-0.39, 0.29) is 41.7 Å². The normalized spacial score (nSPS) is 23.1. The van der Waals surface area contributed by atoms with Crippen LogP contribution in [0, 0.1) is 5.92 Å². The minimum atomic E-state index is -0.593. The number of phenolic OH excluding ortho intramolecular Hbond substituents is 1. The molecular formula is C45H49N5O6. The Morgan fingerprint density at radius 2 is 1.50 bits per heavy atom. The Balaban J connectivity index is 0.785. The molecule has 56 heavy (non-hydrogen) atoms. The number of benzene rings is 4. The molecule has 1 unspecified atom stereocenters. The van der Waals surface area contributed by atoms with Crippen molar-refractivity contribution in [2.45, 2.75) is 50.1 Å². The number of hydrogen-bond donors (Lipinski definition) is 2. The third-order valence-corrected chi connectivity index (χ3v) is 12.7. The van der Waals surface area contributed by atoms with E-state index in [1.807, 2.05) is 30.3 Å². The van der Waals surface area contributed by atoms with Crippen molar-refractivity contribution in [1.29, 1.82) is 0 Å². The second-order valence-corrected chi connectivity index (χ2v) is 15.9. The van der Waals surface area contributed by atoms with Gasteiger partial charge in [0.15, 0.2) is 0 Å². The van der Waals surface area contributed by atoms with Gasteiger partial charge in [-0.1, -0.05) is 30.3 Å². The first-order chi connectivity index (χ1) is 27.3. The fourth-order valence-corrected chi connectivity index (χ4v) is 9.53. The predicted octanol–water partition coefficient (Wildman–Crippen LogP) is 5.51. The Labute approximate surface area is 327 Å². The van der Waals surface area contributed by atoms with Gasteiger partial charge in [0.2, 0.25) is 11.8 Å². The van der Waals surface area contributed by atoms with Crippen molar-refractivity contribution in [3.8, 4) is 17.2 Å². The summed E-state index contributed by atoms with van der Waals surface area (Å²) < 4.78 is 11.6. The molecule has 3 saturated heterocycles. The van der Waals surface area contributed by atoms with Gasteiger partial charge < -0.3 is 29.3 Å². The Morgan fingerprint density at radius 1 is 0.786 bits per heavy atom. The number of ether oxygens (including phenoxy) is 2. The molecule has 0 bridgehead atoms. The van der Waals surface area contributed by atoms with Crippen LogP contribution in [0.3, 0.4) is 0 Å². The number of nitrogens with one attached hydrogen (secondary N) is 1. The number of nitrogens with zero attached hydrogens (tertiary/aromatic N) is 4. The van der Waals surface area contributed by atoms with E-state index >= 15 is 0 Å². The molecule has 290 valence electrons. The first kappa shape index (κ1) is 36.1. The first-order valence-corrected chi connectivity index (χ1v) is 20.0. The average molecular weight is 756 g/mol. The van der Waals surface area contributed by atoms with Crippen molar-refractivity contribution in [2.75, 3.05) is 69.3 Å². The maximum atomic E-state index is 13.2. The second-order valence-electron chi connectivity index (χ2n) is 15.9. The molecule has 5 aliphatic heterocycles. The molecule has 5 aliphatic rings. The van der Waals surface area contributed by atoms with Crippen LogP contribution in [0.2, 0.25) is 0 Å². The van der Waals surface area contributed by atoms with E-state index in [2.05, 4.69) is 62.5 Å². The summed E-state index contributed by atoms with van der Waals surface area (Å²) in [4.78, 5) is 46.4. The molecule has 4 aromatic rings. The number of carbonyl (C=O) groups is 3. The topological polar surface area (TPSA) is 115 Å². The van der Waals surface area contributed by atoms with Crippen molar-refractivity contribution < 1.29 is 29.0 Å². The molecule has 9 rings (SSSR count). The van der Waals surface area contributed by atoms with E-state index in [0.717, 1.165) is 74.1 Å². The summed E-state index contributed by atoms with van der Waals surface area (Å²) in [6.45, 7) is 8.02. The van der Waals surface area contributed by atoms with Gasteiger partial charge in [0.05, 0.1) is 13.7 Å². The third-order valence-electron chi connectivity index (χ3n) is 12.7. The molecule has 3 atom stereocenters. The molecule has 3 fully saturated rings. The van der Waals surface area contributed by atoms with Crippen LogP contribution in [-0.2, 0) is 16.1 Å². The van der Waals surface area contributed by atoms with Crippen LogP contribution in [0.5, 0.6) is 17.2 Å². The molecule has 11 heteroatoms. The smallest absolute Gasteiger partial charge is 0.255 e. The maximum absolute atomic E-state index is 13.2. The number of methoxy groups -OCH3 is 1. The van der Waals surface area contributed by atoms with Gasteiger partial charge in [-0.15, -0.1) is 0 Å². The van der Waals surface area contributed by atoms with Crippen molar-refractivity contribution in [3.63, 3.8) is 0 Å². The highest BCUT2D eigenvalue weighted by Gasteiger charge is 2.39. The van der Waals surface area contributed by atoms with E-state index in [0.29, 0.717) is 31.1 Å². The number of aromatic hydroxyl groups is 1. The van der Waals surface area contributed by atoms with Crippen LogP contribution < -0.4 is 24.6 Å². The molecule has 3 amide bonds. The van der Waals surface area contributed by atoms with Crippen LogP contribution in [-0.4, -0.2) is 98.2 Å². The van der Waals surface area contributed by atoms with Crippen molar-refractivity contribution in [3.05, 3.63) is 113 Å². The van der Waals surface area contributed by atoms with Crippen molar-refractivity contribution in [2.24, 2.45) is 5.92 Å². The standard InChI is InChI=1S/C45H49N5O6/c1-55-36-10-4-30(5-11-36)39-28-56-41-25-35(51)9-13-38(41)43(39)31-2-6-33(7-3-31)48-18-16-29(17-19-48)26-47-20-22-49(23-21-47)34-8-12-37-32(24-34)27-50(45(37)54)40-14-15-42(52)46-44(40)53/h2-13,24-25,29,39-40,43,51H,14-23,26-28H2,1H3,(H,46,52,53)/t39-,40+,43?/m1/s1. The van der Waals surface area contributed by atoms with Gasteiger partial charge in [-0.3, -0.25) is 24.6 Å². The minimum absolute atomic E-state index is 0.0928. The summed E-state index contributed by atoms with van der Waals surface area (Å²) in [7, 11) is 1.68. The summed E-state index contributed by atoms with van der Waals surface area (Å²) in [6, 6.07) is 28.3. The zero-order chi connectivity index (χ0) is 38.3. The number of piperidine rings is 2. The molecule has 5 heterocycles. The lowest BCUT2D eigenvalue weighted by Crippen LogP contribution is -2.52. The van der Waals surface area contributed by atoms with Crippen molar-refractivity contribution in [1.82, 2.24) is 15.1 Å². The lowest BCUT2D eigenvalue weighted by molar-refractivity contribution is -0.136. The van der Waals surface area contributed by atoms with Gasteiger partial charge in [-0.2, -0.15) is 0 Å². The monoisotopic (exact) mass is 755 g/mol. The quantitative estimate of drug-likeness (QED) is 0.225. The number of rotatable bonds is 8. The highest BCUT2D eigenvalue weighted by atomic mass is 16.5. The average Bonchev–Trinajstić information content (AvgIpc) is 3.55. The summed E-state index contributed by atoms with van der Waals surface area (Å²) in [5.74, 6) is 1.90. The lowest BCUT2D eigenvalue weighted by Gasteiger charge is -2.40. The predicted molar refractivity (Wildman–Crippen MR) is 214 cm³/mol. The molecule has 2 N–H and O–H groups in total. The Hall–Kier alpha value is -5.55. The van der Waals surface area contributed by atoms with Gasteiger partial charge in [0.1, 0.15) is 23.3 Å². The number of piperazine rings is 1. The van der Waals surface area contributed by atoms with Gasteiger partial charge in [0, 0.05) is 99.2 Å². The molecular weight excluding hydrogens is 707 g/mol. The van der Waals surface area contributed by atoms with E-state index in [4.69, 9.17) is 9.47 Å². The largest absolute Gasteiger partial charge is 0.508 e. The van der Waals surface area contributed by atoms with Gasteiger partial charge in [-0.25, -0.2) is 0 Å². The number of fused-ring (bicyclic) bond motifs is 2. The lowest BCUT2D eigenvalue weighted by atomic mass is 9.76. The second kappa shape index (κ2) is 15.2. The van der Waals surface area contributed by atoms with Crippen molar-refractivity contribution >= 4 is 29.1 Å². The molecule has 0 radical (unpaired) electrons. The number of hydrogen-bond acceptors (Lipinski definition) is 9. The Kier molecular flexibility index (Phi) is 9.79. The fraction of sp³-hybridized carbons (Fsp3) is 0.400. The highest BCUT2D eigenvalue weighted by Crippen LogP contribution is 2.47. The first-order valence-electron chi connectivity index (χ1n) is 20.0. The molecule has 0 aliphatic carbocycles. The minimum Gasteiger partial charge on any atom is -0.508 e. The zero-order valence-electron chi connectivity index (χ0n) is 31.9. The third kappa shape index (κ3) is 7.04. The summed E-state index contributed by atoms with van der Waals surface area (Å²) in [5.41, 5.74) is 7.52. The molecule has 11 nitrogen and oxygen atoms in total. The zero-order valence-corrected chi connectivity index (χ0v) is 31.9. The Morgan fingerprint density at radius 3 is 2.23 bits per heavy atom. The van der Waals surface area contributed by atoms with Crippen LogP contribution in [0.25, 0.3) is 0 Å². The number of phenols is 1. The van der Waals surface area contributed by atoms with E-state index in [9.17, 15) is 19.5 Å². The van der Waals surface area contributed by atoms with Gasteiger partial charge in [-0.05, 0) is 90.4 Å². The number of anilines is 2. The number of imide groups is 1. The fourth-order valence-electron chi connectivity index (χ4n) is 9.53. The molecule has 0 aromatic heterocycles. The van der Waals surface area contributed by atoms with Crippen LogP contribution in [0.4, 0.5) is 11.4 Å². The highest BCUT2D eigenvalue weighted by molar-refractivity contribution is 6.05. The van der Waals surface area contributed by atoms with E-state index in [1.165, 1.54) is 29.7 Å². The summed E-state index contributed by atoms with van der Waals surface area (Å²) >= 11 is 0. The summed E-state index contributed by atoms with van der Waals surface area (Å²) in [6.07, 6.45) is 2.97.